The summed E-state index contributed by atoms with van der Waals surface area (Å²) in [5, 5.41) is 4.39. The van der Waals surface area contributed by atoms with Crippen molar-refractivity contribution in [3.8, 4) is 0 Å². The van der Waals surface area contributed by atoms with Gasteiger partial charge in [-0.1, -0.05) is 6.42 Å². The van der Waals surface area contributed by atoms with Gasteiger partial charge in [-0.05, 0) is 18.9 Å². The van der Waals surface area contributed by atoms with E-state index in [9.17, 15) is 0 Å². The normalized spacial score (nSPS) is 20.7. The fraction of sp³-hybridized carbons (Fsp3) is 0.571. The highest BCUT2D eigenvalue weighted by Gasteiger charge is 2.24. The van der Waals surface area contributed by atoms with E-state index in [1.54, 1.807) is 0 Å². The fourth-order valence-electron chi connectivity index (χ4n) is 2.85. The number of fused-ring (bicyclic) bond motifs is 1. The molecular weight excluding hydrogens is 240 g/mol. The van der Waals surface area contributed by atoms with Crippen molar-refractivity contribution in [1.29, 1.82) is 0 Å². The molecule has 2 aromatic rings. The Labute approximate surface area is 112 Å². The second-order valence-electron chi connectivity index (χ2n) is 5.38. The van der Waals surface area contributed by atoms with Crippen LogP contribution in [0.15, 0.2) is 18.5 Å². The molecule has 0 amide bonds. The Hall–Kier alpha value is -1.62. The first-order chi connectivity index (χ1) is 9.42. The van der Waals surface area contributed by atoms with Gasteiger partial charge in [0.05, 0.1) is 37.0 Å². The summed E-state index contributed by atoms with van der Waals surface area (Å²) in [7, 11) is 0. The number of hydrogen-bond donors (Lipinski definition) is 0. The Morgan fingerprint density at radius 1 is 1.21 bits per heavy atom. The van der Waals surface area contributed by atoms with Crippen molar-refractivity contribution in [2.24, 2.45) is 0 Å². The molecule has 1 saturated carbocycles. The summed E-state index contributed by atoms with van der Waals surface area (Å²) < 4.78 is 7.35. The highest BCUT2D eigenvalue weighted by molar-refractivity contribution is 5.68. The van der Waals surface area contributed by atoms with Crippen LogP contribution < -0.4 is 4.90 Å². The van der Waals surface area contributed by atoms with Gasteiger partial charge in [0.25, 0.3) is 0 Å². The number of hydrogen-bond acceptors (Lipinski definition) is 4. The zero-order valence-corrected chi connectivity index (χ0v) is 11.0. The minimum atomic E-state index is 0.652. The van der Waals surface area contributed by atoms with Crippen molar-refractivity contribution in [2.45, 2.75) is 25.2 Å². The summed E-state index contributed by atoms with van der Waals surface area (Å²) in [6.45, 7) is 3.46. The lowest BCUT2D eigenvalue weighted by Crippen LogP contribution is -2.36. The molecule has 0 radical (unpaired) electrons. The molecule has 0 N–H and O–H groups in total. The Balaban J connectivity index is 1.74. The number of aromatic nitrogens is 3. The first kappa shape index (κ1) is 11.2. The predicted octanol–water partition coefficient (Wildman–Crippen LogP) is 1.83. The van der Waals surface area contributed by atoms with E-state index in [1.165, 1.54) is 30.6 Å². The molecule has 0 bridgehead atoms. The van der Waals surface area contributed by atoms with Crippen LogP contribution in [0.5, 0.6) is 0 Å². The molecule has 19 heavy (non-hydrogen) atoms. The first-order valence-corrected chi connectivity index (χ1v) is 7.09. The lowest BCUT2D eigenvalue weighted by Gasteiger charge is -2.28. The third-order valence-corrected chi connectivity index (χ3v) is 4.23. The Bertz CT molecular complexity index is 584. The SMILES string of the molecule is c1cc(N2CCOCC2)c2nc(C3CCC3)cn2n1. The molecule has 0 atom stereocenters. The molecule has 1 saturated heterocycles. The molecule has 2 aliphatic rings. The van der Waals surface area contributed by atoms with Crippen LogP contribution in [0, 0.1) is 0 Å². The monoisotopic (exact) mass is 258 g/mol. The van der Waals surface area contributed by atoms with Crippen LogP contribution in [0.1, 0.15) is 30.9 Å². The molecule has 5 nitrogen and oxygen atoms in total. The minimum Gasteiger partial charge on any atom is -0.378 e. The number of imidazole rings is 1. The maximum absolute atomic E-state index is 5.42. The summed E-state index contributed by atoms with van der Waals surface area (Å²) in [6.07, 6.45) is 7.85. The lowest BCUT2D eigenvalue weighted by atomic mass is 9.83. The van der Waals surface area contributed by atoms with E-state index in [0.29, 0.717) is 5.92 Å². The molecule has 1 aliphatic heterocycles. The molecule has 2 fully saturated rings. The molecule has 4 rings (SSSR count). The van der Waals surface area contributed by atoms with E-state index in [-0.39, 0.29) is 0 Å². The average molecular weight is 258 g/mol. The molecule has 0 aromatic carbocycles. The number of nitrogens with zero attached hydrogens (tertiary/aromatic N) is 4. The van der Waals surface area contributed by atoms with Crippen LogP contribution in [-0.2, 0) is 4.74 Å². The van der Waals surface area contributed by atoms with E-state index in [1.807, 2.05) is 10.7 Å². The van der Waals surface area contributed by atoms with Crippen LogP contribution in [0.4, 0.5) is 5.69 Å². The summed E-state index contributed by atoms with van der Waals surface area (Å²) in [4.78, 5) is 7.17. The van der Waals surface area contributed by atoms with Crippen molar-refractivity contribution in [3.05, 3.63) is 24.2 Å². The van der Waals surface area contributed by atoms with Crippen LogP contribution >= 0.6 is 0 Å². The Kier molecular flexibility index (Phi) is 2.65. The van der Waals surface area contributed by atoms with E-state index >= 15 is 0 Å². The van der Waals surface area contributed by atoms with Crippen molar-refractivity contribution < 1.29 is 4.74 Å². The van der Waals surface area contributed by atoms with E-state index in [2.05, 4.69) is 22.3 Å². The van der Waals surface area contributed by atoms with Crippen LogP contribution in [-0.4, -0.2) is 40.9 Å². The lowest BCUT2D eigenvalue weighted by molar-refractivity contribution is 0.123. The number of ether oxygens (including phenoxy) is 1. The molecule has 0 spiro atoms. The molecule has 2 aromatic heterocycles. The molecule has 3 heterocycles. The predicted molar refractivity (Wildman–Crippen MR) is 72.6 cm³/mol. The second kappa shape index (κ2) is 4.49. The highest BCUT2D eigenvalue weighted by atomic mass is 16.5. The third kappa shape index (κ3) is 1.89. The number of morpholine rings is 1. The molecule has 100 valence electrons. The summed E-state index contributed by atoms with van der Waals surface area (Å²) in [5.74, 6) is 0.652. The number of rotatable bonds is 2. The fourth-order valence-corrected chi connectivity index (χ4v) is 2.85. The van der Waals surface area contributed by atoms with Gasteiger partial charge in [-0.15, -0.1) is 0 Å². The van der Waals surface area contributed by atoms with Crippen molar-refractivity contribution in [1.82, 2.24) is 14.6 Å². The van der Waals surface area contributed by atoms with Crippen molar-refractivity contribution in [3.63, 3.8) is 0 Å². The van der Waals surface area contributed by atoms with Gasteiger partial charge in [-0.2, -0.15) is 5.10 Å². The summed E-state index contributed by atoms with van der Waals surface area (Å²) in [6, 6.07) is 2.07. The van der Waals surface area contributed by atoms with Gasteiger partial charge in [0.15, 0.2) is 5.65 Å². The standard InChI is InChI=1S/C14H18N4O/c1-2-11(3-1)12-10-18-14(16-12)13(4-5-15-18)17-6-8-19-9-7-17/h4-5,10-11H,1-3,6-9H2. The van der Waals surface area contributed by atoms with Gasteiger partial charge in [0.2, 0.25) is 0 Å². The number of anilines is 1. The molecule has 5 heteroatoms. The molecule has 0 unspecified atom stereocenters. The minimum absolute atomic E-state index is 0.652. The summed E-state index contributed by atoms with van der Waals surface area (Å²) in [5.41, 5.74) is 3.38. The van der Waals surface area contributed by atoms with E-state index in [0.717, 1.165) is 32.0 Å². The molecular formula is C14H18N4O. The van der Waals surface area contributed by atoms with Gasteiger partial charge in [0.1, 0.15) is 0 Å². The average Bonchev–Trinajstić information content (AvgIpc) is 2.80. The third-order valence-electron chi connectivity index (χ3n) is 4.23. The van der Waals surface area contributed by atoms with Crippen LogP contribution in [0.2, 0.25) is 0 Å². The van der Waals surface area contributed by atoms with Gasteiger partial charge in [0, 0.05) is 19.0 Å². The topological polar surface area (TPSA) is 42.7 Å². The van der Waals surface area contributed by atoms with Gasteiger partial charge >= 0.3 is 0 Å². The van der Waals surface area contributed by atoms with Gasteiger partial charge < -0.3 is 9.64 Å². The zero-order chi connectivity index (χ0) is 12.7. The van der Waals surface area contributed by atoms with Crippen LogP contribution in [0.25, 0.3) is 5.65 Å². The smallest absolute Gasteiger partial charge is 0.177 e. The maximum Gasteiger partial charge on any atom is 0.177 e. The second-order valence-corrected chi connectivity index (χ2v) is 5.38. The van der Waals surface area contributed by atoms with Crippen molar-refractivity contribution >= 4 is 11.3 Å². The van der Waals surface area contributed by atoms with E-state index in [4.69, 9.17) is 9.72 Å². The Morgan fingerprint density at radius 3 is 2.79 bits per heavy atom. The maximum atomic E-state index is 5.42. The largest absolute Gasteiger partial charge is 0.378 e. The zero-order valence-electron chi connectivity index (χ0n) is 11.0. The summed E-state index contributed by atoms with van der Waals surface area (Å²) >= 11 is 0. The molecule has 1 aliphatic carbocycles. The first-order valence-electron chi connectivity index (χ1n) is 7.09. The van der Waals surface area contributed by atoms with Crippen LogP contribution in [0.3, 0.4) is 0 Å². The van der Waals surface area contributed by atoms with Gasteiger partial charge in [-0.3, -0.25) is 0 Å². The Morgan fingerprint density at radius 2 is 2.05 bits per heavy atom. The highest BCUT2D eigenvalue weighted by Crippen LogP contribution is 2.36. The van der Waals surface area contributed by atoms with Crippen molar-refractivity contribution in [2.75, 3.05) is 31.2 Å². The van der Waals surface area contributed by atoms with E-state index < -0.39 is 0 Å². The quantitative estimate of drug-likeness (QED) is 0.824. The van der Waals surface area contributed by atoms with Gasteiger partial charge in [-0.25, -0.2) is 9.50 Å².